The van der Waals surface area contributed by atoms with Gasteiger partial charge in [0.25, 0.3) is 5.91 Å². The SMILES string of the molecule is NC(=O)c1cc(N)cc(Cl)c1NCCNC(=O)C1CC1. The second-order valence-corrected chi connectivity index (χ2v) is 5.19. The summed E-state index contributed by atoms with van der Waals surface area (Å²) in [4.78, 5) is 22.8. The lowest BCUT2D eigenvalue weighted by Crippen LogP contribution is -2.30. The van der Waals surface area contributed by atoms with Crippen molar-refractivity contribution in [1.29, 1.82) is 0 Å². The van der Waals surface area contributed by atoms with E-state index in [4.69, 9.17) is 23.1 Å². The van der Waals surface area contributed by atoms with Gasteiger partial charge in [0.15, 0.2) is 0 Å². The second-order valence-electron chi connectivity index (χ2n) is 4.78. The van der Waals surface area contributed by atoms with Crippen LogP contribution < -0.4 is 22.1 Å². The minimum absolute atomic E-state index is 0.0744. The molecule has 1 fully saturated rings. The maximum absolute atomic E-state index is 11.4. The molecule has 0 unspecified atom stereocenters. The number of hydrogen-bond donors (Lipinski definition) is 4. The van der Waals surface area contributed by atoms with E-state index in [9.17, 15) is 9.59 Å². The normalized spacial score (nSPS) is 13.8. The first-order valence-corrected chi connectivity index (χ1v) is 6.77. The van der Waals surface area contributed by atoms with Crippen molar-refractivity contribution in [1.82, 2.24) is 5.32 Å². The van der Waals surface area contributed by atoms with Gasteiger partial charge in [0, 0.05) is 24.7 Å². The molecule has 2 amide bonds. The third kappa shape index (κ3) is 3.54. The van der Waals surface area contributed by atoms with Gasteiger partial charge in [-0.25, -0.2) is 0 Å². The van der Waals surface area contributed by atoms with Gasteiger partial charge in [-0.3, -0.25) is 9.59 Å². The number of carbonyl (C=O) groups excluding carboxylic acids is 2. The fraction of sp³-hybridized carbons (Fsp3) is 0.385. The number of rotatable bonds is 6. The first kappa shape index (κ1) is 14.5. The highest BCUT2D eigenvalue weighted by Gasteiger charge is 2.29. The van der Waals surface area contributed by atoms with Crippen LogP contribution in [0.15, 0.2) is 12.1 Å². The zero-order valence-corrected chi connectivity index (χ0v) is 11.7. The molecule has 1 aromatic carbocycles. The summed E-state index contributed by atoms with van der Waals surface area (Å²) in [6.45, 7) is 0.899. The summed E-state index contributed by atoms with van der Waals surface area (Å²) in [7, 11) is 0. The third-order valence-electron chi connectivity index (χ3n) is 3.05. The van der Waals surface area contributed by atoms with E-state index in [2.05, 4.69) is 10.6 Å². The molecule has 0 atom stereocenters. The Hall–Kier alpha value is -1.95. The molecule has 7 heteroatoms. The van der Waals surface area contributed by atoms with Crippen LogP contribution in [0.1, 0.15) is 23.2 Å². The molecule has 0 bridgehead atoms. The van der Waals surface area contributed by atoms with E-state index in [0.29, 0.717) is 29.5 Å². The molecule has 0 heterocycles. The van der Waals surface area contributed by atoms with Crippen molar-refractivity contribution in [2.75, 3.05) is 24.1 Å². The average Bonchev–Trinajstić information content (AvgIpc) is 3.19. The molecule has 0 saturated heterocycles. The number of benzene rings is 1. The molecule has 108 valence electrons. The third-order valence-corrected chi connectivity index (χ3v) is 3.35. The molecule has 1 aromatic rings. The quantitative estimate of drug-likeness (QED) is 0.463. The van der Waals surface area contributed by atoms with Gasteiger partial charge in [-0.05, 0) is 25.0 Å². The monoisotopic (exact) mass is 296 g/mol. The highest BCUT2D eigenvalue weighted by atomic mass is 35.5. The number of primary amides is 1. The summed E-state index contributed by atoms with van der Waals surface area (Å²) in [5, 5.41) is 6.14. The first-order chi connectivity index (χ1) is 9.49. The van der Waals surface area contributed by atoms with E-state index in [0.717, 1.165) is 12.8 Å². The van der Waals surface area contributed by atoms with Crippen LogP contribution in [-0.2, 0) is 4.79 Å². The van der Waals surface area contributed by atoms with Gasteiger partial charge in [0.05, 0.1) is 16.3 Å². The molecule has 0 spiro atoms. The van der Waals surface area contributed by atoms with Crippen molar-refractivity contribution in [2.45, 2.75) is 12.8 Å². The molecule has 6 N–H and O–H groups in total. The Kier molecular flexibility index (Phi) is 4.34. The van der Waals surface area contributed by atoms with E-state index in [1.54, 1.807) is 6.07 Å². The molecular formula is C13H17ClN4O2. The molecule has 6 nitrogen and oxygen atoms in total. The standard InChI is InChI=1S/C13H17ClN4O2/c14-10-6-8(15)5-9(12(16)19)11(10)17-3-4-18-13(20)7-1-2-7/h5-7,17H,1-4,15H2,(H2,16,19)(H,18,20). The fourth-order valence-electron chi connectivity index (χ4n) is 1.86. The minimum Gasteiger partial charge on any atom is -0.399 e. The summed E-state index contributed by atoms with van der Waals surface area (Å²) in [5.41, 5.74) is 12.0. The largest absolute Gasteiger partial charge is 0.399 e. The Morgan fingerprint density at radius 3 is 2.60 bits per heavy atom. The highest BCUT2D eigenvalue weighted by Crippen LogP contribution is 2.29. The number of halogens is 1. The molecule has 1 aliphatic carbocycles. The van der Waals surface area contributed by atoms with Crippen molar-refractivity contribution in [3.63, 3.8) is 0 Å². The molecule has 0 radical (unpaired) electrons. The predicted octanol–water partition coefficient (Wildman–Crippen LogP) is 0.959. The number of nitrogens with one attached hydrogen (secondary N) is 2. The Balaban J connectivity index is 1.94. The molecule has 1 aliphatic rings. The number of carbonyl (C=O) groups is 2. The predicted molar refractivity (Wildman–Crippen MR) is 78.6 cm³/mol. The van der Waals surface area contributed by atoms with E-state index in [1.807, 2.05) is 0 Å². The Morgan fingerprint density at radius 2 is 2.00 bits per heavy atom. The van der Waals surface area contributed by atoms with Gasteiger partial charge in [-0.15, -0.1) is 0 Å². The molecule has 0 aliphatic heterocycles. The van der Waals surface area contributed by atoms with E-state index in [1.165, 1.54) is 6.07 Å². The van der Waals surface area contributed by atoms with Gasteiger partial charge < -0.3 is 22.1 Å². The molecule has 0 aromatic heterocycles. The van der Waals surface area contributed by atoms with Gasteiger partial charge in [0.1, 0.15) is 0 Å². The van der Waals surface area contributed by atoms with Crippen LogP contribution in [0.25, 0.3) is 0 Å². The number of amides is 2. The minimum atomic E-state index is -0.608. The zero-order valence-electron chi connectivity index (χ0n) is 10.9. The highest BCUT2D eigenvalue weighted by molar-refractivity contribution is 6.34. The summed E-state index contributed by atoms with van der Waals surface area (Å²) in [6.07, 6.45) is 1.93. The number of hydrogen-bond acceptors (Lipinski definition) is 4. The summed E-state index contributed by atoms with van der Waals surface area (Å²) in [5.74, 6) is -0.356. The molecule has 20 heavy (non-hydrogen) atoms. The van der Waals surface area contributed by atoms with Crippen molar-refractivity contribution in [3.8, 4) is 0 Å². The van der Waals surface area contributed by atoms with Crippen LogP contribution in [0.3, 0.4) is 0 Å². The topological polar surface area (TPSA) is 110 Å². The van der Waals surface area contributed by atoms with Gasteiger partial charge in [0.2, 0.25) is 5.91 Å². The zero-order chi connectivity index (χ0) is 14.7. The van der Waals surface area contributed by atoms with Gasteiger partial charge in [-0.2, -0.15) is 0 Å². The van der Waals surface area contributed by atoms with Crippen molar-refractivity contribution in [2.24, 2.45) is 11.7 Å². The van der Waals surface area contributed by atoms with Crippen LogP contribution in [0.2, 0.25) is 5.02 Å². The number of nitrogen functional groups attached to an aromatic ring is 1. The lowest BCUT2D eigenvalue weighted by Gasteiger charge is -2.13. The number of anilines is 2. The maximum atomic E-state index is 11.4. The van der Waals surface area contributed by atoms with Crippen LogP contribution in [-0.4, -0.2) is 24.9 Å². The van der Waals surface area contributed by atoms with E-state index in [-0.39, 0.29) is 17.4 Å². The van der Waals surface area contributed by atoms with E-state index < -0.39 is 5.91 Å². The van der Waals surface area contributed by atoms with Crippen molar-refractivity contribution < 1.29 is 9.59 Å². The first-order valence-electron chi connectivity index (χ1n) is 6.39. The summed E-state index contributed by atoms with van der Waals surface area (Å²) >= 11 is 6.04. The Labute approximate surface area is 121 Å². The summed E-state index contributed by atoms with van der Waals surface area (Å²) < 4.78 is 0. The molecular weight excluding hydrogens is 280 g/mol. The Bertz CT molecular complexity index is 543. The lowest BCUT2D eigenvalue weighted by atomic mass is 10.1. The van der Waals surface area contributed by atoms with Crippen molar-refractivity contribution >= 4 is 34.8 Å². The smallest absolute Gasteiger partial charge is 0.250 e. The van der Waals surface area contributed by atoms with Crippen LogP contribution in [0, 0.1) is 5.92 Å². The van der Waals surface area contributed by atoms with Crippen molar-refractivity contribution in [3.05, 3.63) is 22.7 Å². The average molecular weight is 297 g/mol. The lowest BCUT2D eigenvalue weighted by molar-refractivity contribution is -0.122. The van der Waals surface area contributed by atoms with E-state index >= 15 is 0 Å². The molecule has 1 saturated carbocycles. The fourth-order valence-corrected chi connectivity index (χ4v) is 2.16. The number of nitrogens with two attached hydrogens (primary N) is 2. The summed E-state index contributed by atoms with van der Waals surface area (Å²) in [6, 6.07) is 3.01. The van der Waals surface area contributed by atoms with Gasteiger partial charge >= 0.3 is 0 Å². The van der Waals surface area contributed by atoms with Crippen LogP contribution in [0.4, 0.5) is 11.4 Å². The van der Waals surface area contributed by atoms with Gasteiger partial charge in [-0.1, -0.05) is 11.6 Å². The van der Waals surface area contributed by atoms with Crippen LogP contribution >= 0.6 is 11.6 Å². The Morgan fingerprint density at radius 1 is 1.30 bits per heavy atom. The second kappa shape index (κ2) is 6.00. The molecule has 2 rings (SSSR count). The van der Waals surface area contributed by atoms with Crippen LogP contribution in [0.5, 0.6) is 0 Å². The maximum Gasteiger partial charge on any atom is 0.250 e.